The first-order chi connectivity index (χ1) is 19.8. The van der Waals surface area contributed by atoms with Gasteiger partial charge in [0, 0.05) is 41.3 Å². The summed E-state index contributed by atoms with van der Waals surface area (Å²) in [6, 6.07) is 5.63. The number of hydrogen-bond acceptors (Lipinski definition) is 6. The average Bonchev–Trinajstić information content (AvgIpc) is 3.47. The highest BCUT2D eigenvalue weighted by atomic mass is 35.5. The largest absolute Gasteiger partial charge is 0.416 e. The minimum Gasteiger partial charge on any atom is -0.351 e. The van der Waals surface area contributed by atoms with Crippen LogP contribution in [0.3, 0.4) is 0 Å². The van der Waals surface area contributed by atoms with Crippen molar-refractivity contribution in [2.24, 2.45) is 0 Å². The second-order valence-electron chi connectivity index (χ2n) is 10.6. The summed E-state index contributed by atoms with van der Waals surface area (Å²) in [6.45, 7) is 2.78. The topological polar surface area (TPSA) is 108 Å². The van der Waals surface area contributed by atoms with Crippen LogP contribution >= 0.6 is 23.2 Å². The van der Waals surface area contributed by atoms with E-state index in [1.54, 1.807) is 0 Å². The van der Waals surface area contributed by atoms with Crippen molar-refractivity contribution in [2.45, 2.75) is 68.9 Å². The van der Waals surface area contributed by atoms with Crippen LogP contribution in [0.4, 0.5) is 13.2 Å². The molecule has 0 saturated carbocycles. The van der Waals surface area contributed by atoms with Crippen molar-refractivity contribution in [2.75, 3.05) is 25.4 Å². The molecule has 0 unspecified atom stereocenters. The van der Waals surface area contributed by atoms with E-state index in [-0.39, 0.29) is 68.5 Å². The van der Waals surface area contributed by atoms with Crippen molar-refractivity contribution < 1.29 is 31.2 Å². The fourth-order valence-corrected chi connectivity index (χ4v) is 6.95. The number of sulfone groups is 1. The first-order valence-corrected chi connectivity index (χ1v) is 16.1. The van der Waals surface area contributed by atoms with Gasteiger partial charge in [0.25, 0.3) is 5.91 Å². The molecule has 2 heterocycles. The van der Waals surface area contributed by atoms with Crippen molar-refractivity contribution in [3.8, 4) is 0 Å². The molecule has 3 N–H and O–H groups in total. The Labute approximate surface area is 253 Å². The molecule has 0 aliphatic carbocycles. The number of carbonyl (C=O) groups excluding carboxylic acids is 2. The van der Waals surface area contributed by atoms with Gasteiger partial charge in [-0.3, -0.25) is 14.5 Å². The van der Waals surface area contributed by atoms with Crippen LogP contribution in [0.2, 0.25) is 10.0 Å². The molecule has 230 valence electrons. The Morgan fingerprint density at radius 3 is 2.55 bits per heavy atom. The number of likely N-dealkylation sites (tertiary alicyclic amines) is 1. The Morgan fingerprint density at radius 2 is 1.88 bits per heavy atom. The highest BCUT2D eigenvalue weighted by Gasteiger charge is 2.36. The number of alkyl halides is 3. The van der Waals surface area contributed by atoms with Gasteiger partial charge in [0.1, 0.15) is 0 Å². The van der Waals surface area contributed by atoms with E-state index in [2.05, 4.69) is 16.0 Å². The van der Waals surface area contributed by atoms with Crippen LogP contribution in [-0.2, 0) is 33.9 Å². The number of nitrogens with zero attached hydrogens (tertiary/aromatic N) is 1. The number of piperidine rings is 1. The molecule has 2 fully saturated rings. The molecule has 2 amide bonds. The van der Waals surface area contributed by atoms with Crippen LogP contribution in [-0.4, -0.2) is 62.6 Å². The molecule has 0 aromatic heterocycles. The molecule has 14 heteroatoms. The van der Waals surface area contributed by atoms with E-state index >= 15 is 0 Å². The molecular weight excluding hydrogens is 616 g/mol. The van der Waals surface area contributed by atoms with Gasteiger partial charge >= 0.3 is 6.18 Å². The van der Waals surface area contributed by atoms with E-state index in [4.69, 9.17) is 23.2 Å². The summed E-state index contributed by atoms with van der Waals surface area (Å²) in [6.07, 6.45) is -1.69. The van der Waals surface area contributed by atoms with E-state index < -0.39 is 27.5 Å². The Balaban J connectivity index is 1.50. The maximum atomic E-state index is 14.2. The van der Waals surface area contributed by atoms with E-state index in [0.717, 1.165) is 31.9 Å². The number of rotatable bonds is 9. The number of halogens is 5. The monoisotopic (exact) mass is 648 g/mol. The predicted octanol–water partition coefficient (Wildman–Crippen LogP) is 4.57. The molecular formula is C28H33Cl2F3N4O4S. The standard InChI is InChI=1S/C28H33Cl2F3N4O4S/c1-2-42(40,41)25-8-7-19(29)11-18(25)14-35-26(38)17-12-22(28(31,32)33)21(23(30)13-17)16-37-10-4-5-20(15-37)36-27(39)24-6-3-9-34-24/h7-8,11-13,20,24,34H,2-6,9-10,14-16H2,1H3,(H,35,38)(H,36,39)/t20-,24-/m0/s1. The fraction of sp³-hybridized carbons (Fsp3) is 0.500. The number of amides is 2. The maximum absolute atomic E-state index is 14.2. The third-order valence-electron chi connectivity index (χ3n) is 7.55. The highest BCUT2D eigenvalue weighted by Crippen LogP contribution is 2.37. The lowest BCUT2D eigenvalue weighted by Gasteiger charge is -2.34. The molecule has 2 aliphatic rings. The molecule has 2 aliphatic heterocycles. The quantitative estimate of drug-likeness (QED) is 0.368. The molecule has 42 heavy (non-hydrogen) atoms. The summed E-state index contributed by atoms with van der Waals surface area (Å²) in [5, 5.41) is 8.67. The predicted molar refractivity (Wildman–Crippen MR) is 154 cm³/mol. The Kier molecular flexibility index (Phi) is 10.5. The number of hydrogen-bond donors (Lipinski definition) is 3. The molecule has 2 aromatic carbocycles. The molecule has 0 spiro atoms. The van der Waals surface area contributed by atoms with Gasteiger partial charge in [-0.25, -0.2) is 8.42 Å². The van der Waals surface area contributed by atoms with Crippen molar-refractivity contribution in [1.82, 2.24) is 20.9 Å². The maximum Gasteiger partial charge on any atom is 0.416 e. The third kappa shape index (κ3) is 7.96. The Bertz CT molecular complexity index is 1430. The van der Waals surface area contributed by atoms with Crippen molar-refractivity contribution in [1.29, 1.82) is 0 Å². The zero-order valence-electron chi connectivity index (χ0n) is 23.0. The zero-order chi connectivity index (χ0) is 30.7. The second kappa shape index (κ2) is 13.5. The van der Waals surface area contributed by atoms with Crippen LogP contribution in [0, 0.1) is 0 Å². The fourth-order valence-electron chi connectivity index (χ4n) is 5.35. The lowest BCUT2D eigenvalue weighted by atomic mass is 9.99. The average molecular weight is 650 g/mol. The van der Waals surface area contributed by atoms with Crippen molar-refractivity contribution >= 4 is 44.9 Å². The van der Waals surface area contributed by atoms with Crippen molar-refractivity contribution in [3.05, 3.63) is 62.6 Å². The second-order valence-corrected chi connectivity index (χ2v) is 13.6. The molecule has 0 bridgehead atoms. The lowest BCUT2D eigenvalue weighted by molar-refractivity contribution is -0.138. The van der Waals surface area contributed by atoms with Crippen LogP contribution in [0.1, 0.15) is 59.7 Å². The van der Waals surface area contributed by atoms with E-state index in [1.807, 2.05) is 4.90 Å². The normalized spacial score (nSPS) is 20.0. The highest BCUT2D eigenvalue weighted by molar-refractivity contribution is 7.91. The minimum atomic E-state index is -4.79. The van der Waals surface area contributed by atoms with Gasteiger partial charge in [-0.15, -0.1) is 0 Å². The molecule has 8 nitrogen and oxygen atoms in total. The van der Waals surface area contributed by atoms with Gasteiger partial charge in [-0.1, -0.05) is 30.1 Å². The van der Waals surface area contributed by atoms with Crippen molar-refractivity contribution in [3.63, 3.8) is 0 Å². The van der Waals surface area contributed by atoms with Gasteiger partial charge in [0.05, 0.1) is 22.3 Å². The SMILES string of the molecule is CCS(=O)(=O)c1ccc(Cl)cc1CNC(=O)c1cc(Cl)c(CN2CCC[C@H](NC(=O)[C@@H]3CCCN3)C2)c(C(F)(F)F)c1. The summed E-state index contributed by atoms with van der Waals surface area (Å²) in [4.78, 5) is 27.3. The summed E-state index contributed by atoms with van der Waals surface area (Å²) in [7, 11) is -3.64. The molecule has 4 rings (SSSR count). The molecule has 0 radical (unpaired) electrons. The summed E-state index contributed by atoms with van der Waals surface area (Å²) in [5.41, 5.74) is -1.28. The van der Waals surface area contributed by atoms with E-state index in [1.165, 1.54) is 31.2 Å². The molecule has 2 atom stereocenters. The third-order valence-corrected chi connectivity index (χ3v) is 9.95. The van der Waals surface area contributed by atoms with E-state index in [9.17, 15) is 31.2 Å². The zero-order valence-corrected chi connectivity index (χ0v) is 25.3. The molecule has 2 aromatic rings. The summed E-state index contributed by atoms with van der Waals surface area (Å²) in [5.74, 6) is -1.13. The lowest BCUT2D eigenvalue weighted by Crippen LogP contribution is -2.51. The van der Waals surface area contributed by atoms with Gasteiger partial charge in [0.2, 0.25) is 5.91 Å². The van der Waals surface area contributed by atoms with Crippen LogP contribution in [0.5, 0.6) is 0 Å². The first kappa shape index (κ1) is 32.5. The van der Waals surface area contributed by atoms with Crippen LogP contribution in [0.15, 0.2) is 35.2 Å². The van der Waals surface area contributed by atoms with Gasteiger partial charge < -0.3 is 16.0 Å². The number of carbonyl (C=O) groups is 2. The Morgan fingerprint density at radius 1 is 1.12 bits per heavy atom. The first-order valence-electron chi connectivity index (χ1n) is 13.7. The smallest absolute Gasteiger partial charge is 0.351 e. The number of nitrogens with one attached hydrogen (secondary N) is 3. The summed E-state index contributed by atoms with van der Waals surface area (Å²) < 4.78 is 67.5. The molecule has 2 saturated heterocycles. The van der Waals surface area contributed by atoms with Gasteiger partial charge in [-0.05, 0) is 80.2 Å². The van der Waals surface area contributed by atoms with E-state index in [0.29, 0.717) is 19.5 Å². The van der Waals surface area contributed by atoms with Crippen LogP contribution < -0.4 is 16.0 Å². The minimum absolute atomic E-state index is 0.0189. The Hall–Kier alpha value is -2.38. The van der Waals surface area contributed by atoms with Gasteiger partial charge in [-0.2, -0.15) is 13.2 Å². The van der Waals surface area contributed by atoms with Gasteiger partial charge in [0.15, 0.2) is 9.84 Å². The van der Waals surface area contributed by atoms with Crippen LogP contribution in [0.25, 0.3) is 0 Å². The summed E-state index contributed by atoms with van der Waals surface area (Å²) >= 11 is 12.4. The number of benzene rings is 2.